The molecule has 4 N–H and O–H groups in total. The Bertz CT molecular complexity index is 300. The van der Waals surface area contributed by atoms with Crippen LogP contribution in [0, 0.1) is 0 Å². The van der Waals surface area contributed by atoms with Gasteiger partial charge in [0.15, 0.2) is 0 Å². The molecule has 13 heavy (non-hydrogen) atoms. The maximum Gasteiger partial charge on any atom is 0.253 e. The topological polar surface area (TPSA) is 80.0 Å². The minimum absolute atomic E-state index is 0.155. The van der Waals surface area contributed by atoms with E-state index in [1.165, 1.54) is 6.20 Å². The van der Waals surface area contributed by atoms with Crippen LogP contribution in [0.5, 0.6) is 0 Å². The number of carbonyl (C=O) groups excluding carboxylic acids is 1. The van der Waals surface area contributed by atoms with Gasteiger partial charge in [0, 0.05) is 12.7 Å². The maximum absolute atomic E-state index is 11.4. The van der Waals surface area contributed by atoms with Gasteiger partial charge >= 0.3 is 0 Å². The largest absolute Gasteiger partial charge is 0.352 e. The van der Waals surface area contributed by atoms with E-state index in [9.17, 15) is 4.79 Å². The summed E-state index contributed by atoms with van der Waals surface area (Å²) in [6.45, 7) is 2.44. The number of nitrogens with two attached hydrogens (primary N) is 1. The van der Waals surface area contributed by atoms with Gasteiger partial charge in [0.05, 0.1) is 17.4 Å². The average Bonchev–Trinajstić information content (AvgIpc) is 2.18. The number of hydrogen-bond donors (Lipinski definition) is 3. The first kappa shape index (κ1) is 9.47. The van der Waals surface area contributed by atoms with Crippen molar-refractivity contribution in [1.29, 1.82) is 0 Å². The van der Waals surface area contributed by atoms with Crippen LogP contribution in [-0.2, 0) is 0 Å². The number of aromatic nitrogens is 1. The summed E-state index contributed by atoms with van der Waals surface area (Å²) < 4.78 is 0. The molecular weight excluding hydrogens is 168 g/mol. The van der Waals surface area contributed by atoms with E-state index in [4.69, 9.17) is 5.84 Å². The van der Waals surface area contributed by atoms with Crippen LogP contribution in [0.4, 0.5) is 5.69 Å². The van der Waals surface area contributed by atoms with Gasteiger partial charge in [-0.3, -0.25) is 15.6 Å². The molecule has 0 aromatic carbocycles. The van der Waals surface area contributed by atoms with Crippen LogP contribution in [0.3, 0.4) is 0 Å². The Labute approximate surface area is 76.3 Å². The van der Waals surface area contributed by atoms with Gasteiger partial charge in [-0.25, -0.2) is 0 Å². The molecule has 1 aromatic rings. The van der Waals surface area contributed by atoms with Crippen molar-refractivity contribution in [2.45, 2.75) is 6.92 Å². The van der Waals surface area contributed by atoms with Crippen molar-refractivity contribution in [3.63, 3.8) is 0 Å². The average molecular weight is 180 g/mol. The first-order chi connectivity index (χ1) is 6.29. The Morgan fingerprint density at radius 2 is 2.46 bits per heavy atom. The van der Waals surface area contributed by atoms with E-state index in [2.05, 4.69) is 15.7 Å². The van der Waals surface area contributed by atoms with Gasteiger partial charge in [0.2, 0.25) is 0 Å². The Kier molecular flexibility index (Phi) is 3.22. The van der Waals surface area contributed by atoms with Crippen molar-refractivity contribution in [3.05, 3.63) is 24.0 Å². The van der Waals surface area contributed by atoms with E-state index < -0.39 is 0 Å². The Hall–Kier alpha value is -1.62. The monoisotopic (exact) mass is 180 g/mol. The van der Waals surface area contributed by atoms with Gasteiger partial charge in [-0.15, -0.1) is 0 Å². The zero-order chi connectivity index (χ0) is 9.68. The van der Waals surface area contributed by atoms with Crippen LogP contribution in [0.15, 0.2) is 18.5 Å². The molecule has 0 aliphatic heterocycles. The molecule has 0 aliphatic carbocycles. The van der Waals surface area contributed by atoms with E-state index in [1.807, 2.05) is 6.92 Å². The molecule has 0 atom stereocenters. The summed E-state index contributed by atoms with van der Waals surface area (Å²) in [5.74, 6) is 5.06. The van der Waals surface area contributed by atoms with Crippen molar-refractivity contribution in [1.82, 2.24) is 10.3 Å². The lowest BCUT2D eigenvalue weighted by Gasteiger charge is -2.06. The van der Waals surface area contributed by atoms with Gasteiger partial charge in [-0.1, -0.05) is 0 Å². The number of carbonyl (C=O) groups is 1. The van der Waals surface area contributed by atoms with E-state index in [-0.39, 0.29) is 5.91 Å². The summed E-state index contributed by atoms with van der Waals surface area (Å²) >= 11 is 0. The van der Waals surface area contributed by atoms with Crippen LogP contribution in [0.25, 0.3) is 0 Å². The summed E-state index contributed by atoms with van der Waals surface area (Å²) in [7, 11) is 0. The highest BCUT2D eigenvalue weighted by Crippen LogP contribution is 2.10. The lowest BCUT2D eigenvalue weighted by molar-refractivity contribution is 0.0956. The first-order valence-corrected chi connectivity index (χ1v) is 3.98. The smallest absolute Gasteiger partial charge is 0.253 e. The fourth-order valence-corrected chi connectivity index (χ4v) is 0.963. The number of nitrogens with one attached hydrogen (secondary N) is 2. The molecule has 0 spiro atoms. The highest BCUT2D eigenvalue weighted by Gasteiger charge is 2.08. The zero-order valence-electron chi connectivity index (χ0n) is 7.37. The molecule has 0 bridgehead atoms. The molecule has 5 nitrogen and oxygen atoms in total. The number of rotatable bonds is 3. The summed E-state index contributed by atoms with van der Waals surface area (Å²) in [5.41, 5.74) is 3.43. The molecule has 1 aromatic heterocycles. The Morgan fingerprint density at radius 1 is 1.69 bits per heavy atom. The van der Waals surface area contributed by atoms with Crippen molar-refractivity contribution >= 4 is 11.6 Å². The van der Waals surface area contributed by atoms with Gasteiger partial charge in [-0.05, 0) is 13.0 Å². The van der Waals surface area contributed by atoms with E-state index in [0.717, 1.165) is 0 Å². The van der Waals surface area contributed by atoms with Crippen molar-refractivity contribution in [2.24, 2.45) is 5.84 Å². The summed E-state index contributed by atoms with van der Waals surface area (Å²) in [5, 5.41) is 2.67. The second-order valence-electron chi connectivity index (χ2n) is 2.43. The maximum atomic E-state index is 11.4. The first-order valence-electron chi connectivity index (χ1n) is 3.98. The lowest BCUT2D eigenvalue weighted by atomic mass is 10.2. The van der Waals surface area contributed by atoms with Crippen LogP contribution in [0.1, 0.15) is 17.3 Å². The van der Waals surface area contributed by atoms with Gasteiger partial charge < -0.3 is 10.7 Å². The quantitative estimate of drug-likeness (QED) is 0.456. The van der Waals surface area contributed by atoms with Crippen molar-refractivity contribution in [3.8, 4) is 0 Å². The van der Waals surface area contributed by atoms with Crippen molar-refractivity contribution in [2.75, 3.05) is 12.0 Å². The molecule has 0 saturated heterocycles. The second-order valence-corrected chi connectivity index (χ2v) is 2.43. The number of pyridine rings is 1. The van der Waals surface area contributed by atoms with Gasteiger partial charge in [-0.2, -0.15) is 0 Å². The van der Waals surface area contributed by atoms with E-state index in [0.29, 0.717) is 17.8 Å². The van der Waals surface area contributed by atoms with Crippen LogP contribution >= 0.6 is 0 Å². The SMILES string of the molecule is CCNC(=O)c1ccncc1NN. The number of amides is 1. The summed E-state index contributed by atoms with van der Waals surface area (Å²) in [6, 6.07) is 1.61. The van der Waals surface area contributed by atoms with E-state index >= 15 is 0 Å². The predicted octanol–water partition coefficient (Wildman–Crippen LogP) is 0.117. The molecule has 0 radical (unpaired) electrons. The Morgan fingerprint density at radius 3 is 3.08 bits per heavy atom. The van der Waals surface area contributed by atoms with Gasteiger partial charge in [0.1, 0.15) is 0 Å². The molecule has 0 fully saturated rings. The van der Waals surface area contributed by atoms with Gasteiger partial charge in [0.25, 0.3) is 5.91 Å². The second kappa shape index (κ2) is 4.42. The third-order valence-corrected chi connectivity index (χ3v) is 1.56. The highest BCUT2D eigenvalue weighted by atomic mass is 16.1. The number of anilines is 1. The third-order valence-electron chi connectivity index (χ3n) is 1.56. The number of hydrazine groups is 1. The molecule has 1 rings (SSSR count). The standard InChI is InChI=1S/C8H12N4O/c1-2-11-8(13)6-3-4-10-5-7(6)12-9/h3-5,12H,2,9H2,1H3,(H,11,13). The molecule has 1 amide bonds. The predicted molar refractivity (Wildman–Crippen MR) is 50.1 cm³/mol. The molecule has 0 saturated carbocycles. The number of nitrogens with zero attached hydrogens (tertiary/aromatic N) is 1. The zero-order valence-corrected chi connectivity index (χ0v) is 7.37. The third kappa shape index (κ3) is 2.16. The molecule has 0 unspecified atom stereocenters. The normalized spacial score (nSPS) is 9.38. The van der Waals surface area contributed by atoms with Crippen molar-refractivity contribution < 1.29 is 4.79 Å². The number of hydrogen-bond acceptors (Lipinski definition) is 4. The van der Waals surface area contributed by atoms with E-state index in [1.54, 1.807) is 12.3 Å². The Balaban J connectivity index is 2.92. The minimum atomic E-state index is -0.155. The van der Waals surface area contributed by atoms with Crippen LogP contribution in [0.2, 0.25) is 0 Å². The molecular formula is C8H12N4O. The van der Waals surface area contributed by atoms with Crippen LogP contribution < -0.4 is 16.6 Å². The lowest BCUT2D eigenvalue weighted by Crippen LogP contribution is -2.24. The summed E-state index contributed by atoms with van der Waals surface area (Å²) in [6.07, 6.45) is 3.05. The highest BCUT2D eigenvalue weighted by molar-refractivity contribution is 5.99. The molecule has 70 valence electrons. The van der Waals surface area contributed by atoms with Crippen LogP contribution in [-0.4, -0.2) is 17.4 Å². The fourth-order valence-electron chi connectivity index (χ4n) is 0.963. The summed E-state index contributed by atoms with van der Waals surface area (Å²) in [4.78, 5) is 15.2. The minimum Gasteiger partial charge on any atom is -0.352 e. The molecule has 5 heteroatoms. The molecule has 1 heterocycles. The fraction of sp³-hybridized carbons (Fsp3) is 0.250. The number of nitrogen functional groups attached to an aromatic ring is 1. The molecule has 0 aliphatic rings.